The van der Waals surface area contributed by atoms with Gasteiger partial charge in [0.05, 0.1) is 6.04 Å². The van der Waals surface area contributed by atoms with Crippen LogP contribution in [0, 0.1) is 0 Å². The normalized spacial score (nSPS) is 29.7. The van der Waals surface area contributed by atoms with Crippen molar-refractivity contribution in [1.29, 1.82) is 0 Å². The van der Waals surface area contributed by atoms with Gasteiger partial charge in [0.2, 0.25) is 0 Å². The molecule has 1 aliphatic carbocycles. The van der Waals surface area contributed by atoms with Crippen LogP contribution in [-0.4, -0.2) is 29.5 Å². The van der Waals surface area contributed by atoms with Crippen LogP contribution in [0.15, 0.2) is 33.5 Å². The molecule has 0 amide bonds. The molecule has 0 aromatic heterocycles. The first-order valence-electron chi connectivity index (χ1n) is 5.36. The molecular weight excluding hydrogens is 270 g/mol. The zero-order chi connectivity index (χ0) is 10.4. The Labute approximate surface area is 103 Å². The monoisotopic (exact) mass is 283 g/mol. The maximum absolute atomic E-state index is 3.62. The highest BCUT2D eigenvalue weighted by Crippen LogP contribution is 2.43. The van der Waals surface area contributed by atoms with E-state index in [1.54, 1.807) is 16.8 Å². The fraction of sp³-hybridized carbons (Fsp3) is 0.500. The van der Waals surface area contributed by atoms with Gasteiger partial charge in [-0.05, 0) is 27.8 Å². The Morgan fingerprint density at radius 2 is 2.33 bits per heavy atom. The molecule has 0 saturated carbocycles. The fourth-order valence-corrected chi connectivity index (χ4v) is 4.16. The molecule has 3 rings (SSSR count). The summed E-state index contributed by atoms with van der Waals surface area (Å²) in [4.78, 5) is 2.50. The Hall–Kier alpha value is -0.150. The van der Waals surface area contributed by atoms with Gasteiger partial charge in [-0.2, -0.15) is 11.8 Å². The number of fused-ring (bicyclic) bond motifs is 2. The number of hydrogen-bond donors (Lipinski definition) is 0. The molecule has 0 N–H and O–H groups in total. The molecule has 80 valence electrons. The molecule has 2 aliphatic heterocycles. The zero-order valence-electron chi connectivity index (χ0n) is 8.79. The van der Waals surface area contributed by atoms with Crippen molar-refractivity contribution in [2.75, 3.05) is 18.6 Å². The van der Waals surface area contributed by atoms with E-state index in [1.807, 2.05) is 0 Å². The molecule has 0 saturated heterocycles. The third-order valence-electron chi connectivity index (χ3n) is 3.51. The van der Waals surface area contributed by atoms with Gasteiger partial charge in [0.15, 0.2) is 0 Å². The Balaban J connectivity index is 2.04. The largest absolute Gasteiger partial charge is 0.370 e. The van der Waals surface area contributed by atoms with Crippen molar-refractivity contribution in [1.82, 2.24) is 4.90 Å². The molecule has 0 bridgehead atoms. The summed E-state index contributed by atoms with van der Waals surface area (Å²) in [6.45, 7) is 0. The lowest BCUT2D eigenvalue weighted by atomic mass is 9.96. The second kappa shape index (κ2) is 3.70. The number of allylic oxidation sites excluding steroid dienone is 3. The first-order valence-corrected chi connectivity index (χ1v) is 7.31. The van der Waals surface area contributed by atoms with Gasteiger partial charge < -0.3 is 4.90 Å². The molecule has 0 aromatic rings. The van der Waals surface area contributed by atoms with Gasteiger partial charge in [-0.3, -0.25) is 0 Å². The number of nitrogens with zero attached hydrogens (tertiary/aromatic N) is 1. The van der Waals surface area contributed by atoms with Crippen molar-refractivity contribution in [2.45, 2.75) is 18.9 Å². The number of likely N-dealkylation sites (N-methyl/N-ethyl adjacent to an activating group) is 1. The second-order valence-corrected chi connectivity index (χ2v) is 6.42. The number of hydrogen-bond acceptors (Lipinski definition) is 2. The average molecular weight is 284 g/mol. The van der Waals surface area contributed by atoms with E-state index >= 15 is 0 Å². The van der Waals surface area contributed by atoms with Crippen molar-refractivity contribution in [3.8, 4) is 0 Å². The minimum atomic E-state index is 0.605. The third-order valence-corrected chi connectivity index (χ3v) is 5.08. The molecule has 0 spiro atoms. The van der Waals surface area contributed by atoms with Crippen LogP contribution in [0.25, 0.3) is 0 Å². The fourth-order valence-electron chi connectivity index (χ4n) is 2.71. The summed E-state index contributed by atoms with van der Waals surface area (Å²) in [6, 6.07) is 0.605. The zero-order valence-corrected chi connectivity index (χ0v) is 11.2. The molecule has 1 nitrogen and oxygen atoms in total. The minimum Gasteiger partial charge on any atom is -0.370 e. The predicted molar refractivity (Wildman–Crippen MR) is 70.2 cm³/mol. The van der Waals surface area contributed by atoms with E-state index in [-0.39, 0.29) is 0 Å². The predicted octanol–water partition coefficient (Wildman–Crippen LogP) is 3.30. The van der Waals surface area contributed by atoms with Crippen LogP contribution in [0.4, 0.5) is 0 Å². The van der Waals surface area contributed by atoms with Crippen molar-refractivity contribution < 1.29 is 0 Å². The van der Waals surface area contributed by atoms with Crippen molar-refractivity contribution >= 4 is 27.7 Å². The molecule has 3 aliphatic rings. The van der Waals surface area contributed by atoms with Crippen molar-refractivity contribution in [2.24, 2.45) is 0 Å². The minimum absolute atomic E-state index is 0.605. The van der Waals surface area contributed by atoms with Gasteiger partial charge in [-0.15, -0.1) is 0 Å². The first-order chi connectivity index (χ1) is 7.27. The molecule has 0 radical (unpaired) electrons. The van der Waals surface area contributed by atoms with Crippen LogP contribution in [0.3, 0.4) is 0 Å². The van der Waals surface area contributed by atoms with Crippen LogP contribution in [-0.2, 0) is 0 Å². The summed E-state index contributed by atoms with van der Waals surface area (Å²) < 4.78 is 1.33. The lowest BCUT2D eigenvalue weighted by Gasteiger charge is -2.27. The molecule has 2 heterocycles. The van der Waals surface area contributed by atoms with Crippen LogP contribution in [0.5, 0.6) is 0 Å². The maximum Gasteiger partial charge on any atom is 0.0585 e. The Morgan fingerprint density at radius 3 is 3.20 bits per heavy atom. The van der Waals surface area contributed by atoms with Gasteiger partial charge >= 0.3 is 0 Å². The molecule has 1 atom stereocenters. The molecule has 1 unspecified atom stereocenters. The van der Waals surface area contributed by atoms with Crippen LogP contribution in [0.2, 0.25) is 0 Å². The molecular formula is C12H14BrNS. The Morgan fingerprint density at radius 1 is 1.47 bits per heavy atom. The standard InChI is InChI=1S/C12H14BrNS/c1-14-11-4-5-15-7-10(11)9-3-2-8(13)6-12(9)14/h2-3,12H,4-7H2,1H3. The van der Waals surface area contributed by atoms with E-state index in [1.165, 1.54) is 22.4 Å². The highest BCUT2D eigenvalue weighted by molar-refractivity contribution is 9.11. The van der Waals surface area contributed by atoms with E-state index in [2.05, 4.69) is 51.8 Å². The Bertz CT molecular complexity index is 394. The number of halogens is 1. The van der Waals surface area contributed by atoms with E-state index < -0.39 is 0 Å². The quantitative estimate of drug-likeness (QED) is 0.671. The number of rotatable bonds is 0. The summed E-state index contributed by atoms with van der Waals surface area (Å²) >= 11 is 5.69. The lowest BCUT2D eigenvalue weighted by Crippen LogP contribution is -2.28. The SMILES string of the molecule is CN1C2=C(CSCC2)C2=CC=C(Br)CC21. The summed E-state index contributed by atoms with van der Waals surface area (Å²) in [5.41, 5.74) is 4.79. The van der Waals surface area contributed by atoms with E-state index in [0.29, 0.717) is 6.04 Å². The molecule has 0 fully saturated rings. The number of thioether (sulfide) groups is 1. The summed E-state index contributed by atoms with van der Waals surface area (Å²) in [5.74, 6) is 2.51. The van der Waals surface area contributed by atoms with Gasteiger partial charge in [0, 0.05) is 24.9 Å². The van der Waals surface area contributed by atoms with Crippen LogP contribution >= 0.6 is 27.7 Å². The van der Waals surface area contributed by atoms with Crippen LogP contribution in [0.1, 0.15) is 12.8 Å². The topological polar surface area (TPSA) is 3.24 Å². The maximum atomic E-state index is 3.62. The molecule has 15 heavy (non-hydrogen) atoms. The van der Waals surface area contributed by atoms with Crippen molar-refractivity contribution in [3.05, 3.63) is 33.5 Å². The molecule has 0 aromatic carbocycles. The van der Waals surface area contributed by atoms with E-state index in [9.17, 15) is 0 Å². The van der Waals surface area contributed by atoms with Gasteiger partial charge in [-0.1, -0.05) is 28.1 Å². The van der Waals surface area contributed by atoms with Crippen molar-refractivity contribution in [3.63, 3.8) is 0 Å². The lowest BCUT2D eigenvalue weighted by molar-refractivity contribution is 0.356. The summed E-state index contributed by atoms with van der Waals surface area (Å²) in [7, 11) is 2.25. The first kappa shape index (κ1) is 10.0. The summed E-state index contributed by atoms with van der Waals surface area (Å²) in [6.07, 6.45) is 6.92. The molecule has 3 heteroatoms. The van der Waals surface area contributed by atoms with Crippen LogP contribution < -0.4 is 0 Å². The van der Waals surface area contributed by atoms with E-state index in [4.69, 9.17) is 0 Å². The van der Waals surface area contributed by atoms with Gasteiger partial charge in [0.25, 0.3) is 0 Å². The summed E-state index contributed by atoms with van der Waals surface area (Å²) in [5, 5.41) is 0. The van der Waals surface area contributed by atoms with Gasteiger partial charge in [-0.25, -0.2) is 0 Å². The highest BCUT2D eigenvalue weighted by Gasteiger charge is 2.35. The second-order valence-electron chi connectivity index (χ2n) is 4.29. The smallest absolute Gasteiger partial charge is 0.0585 e. The van der Waals surface area contributed by atoms with Gasteiger partial charge in [0.1, 0.15) is 0 Å². The average Bonchev–Trinajstić information content (AvgIpc) is 2.54. The van der Waals surface area contributed by atoms with E-state index in [0.717, 1.165) is 6.42 Å². The Kier molecular flexibility index (Phi) is 2.48. The highest BCUT2D eigenvalue weighted by atomic mass is 79.9. The third kappa shape index (κ3) is 1.51.